The van der Waals surface area contributed by atoms with Crippen LogP contribution in [0, 0.1) is 5.92 Å². The third-order valence-corrected chi connectivity index (χ3v) is 4.35. The minimum Gasteiger partial charge on any atom is -0.445 e. The van der Waals surface area contributed by atoms with Crippen molar-refractivity contribution in [2.24, 2.45) is 5.92 Å². The predicted molar refractivity (Wildman–Crippen MR) is 86.5 cm³/mol. The van der Waals surface area contributed by atoms with Gasteiger partial charge < -0.3 is 14.7 Å². The summed E-state index contributed by atoms with van der Waals surface area (Å²) in [6.07, 6.45) is 6.36. The van der Waals surface area contributed by atoms with Crippen molar-refractivity contribution in [1.29, 1.82) is 0 Å². The van der Waals surface area contributed by atoms with E-state index >= 15 is 0 Å². The molecule has 22 heavy (non-hydrogen) atoms. The fraction of sp³-hybridized carbons (Fsp3) is 0.611. The number of ether oxygens (including phenoxy) is 1. The molecular formula is C18H27NO3. The second kappa shape index (κ2) is 9.46. The molecule has 0 bridgehead atoms. The first-order valence-electron chi connectivity index (χ1n) is 8.36. The average Bonchev–Trinajstić information content (AvgIpc) is 2.58. The highest BCUT2D eigenvalue weighted by Crippen LogP contribution is 2.23. The fourth-order valence-corrected chi connectivity index (χ4v) is 2.94. The summed E-state index contributed by atoms with van der Waals surface area (Å²) in [4.78, 5) is 13.9. The van der Waals surface area contributed by atoms with Gasteiger partial charge in [0.25, 0.3) is 0 Å². The molecule has 1 aliphatic rings. The third-order valence-electron chi connectivity index (χ3n) is 4.35. The number of rotatable bonds is 7. The SMILES string of the molecule is O=C(OCc1ccccc1)N1CCC(CCCCCO)CC1. The second-order valence-corrected chi connectivity index (χ2v) is 6.04. The number of benzene rings is 1. The smallest absolute Gasteiger partial charge is 0.410 e. The van der Waals surface area contributed by atoms with Crippen molar-refractivity contribution < 1.29 is 14.6 Å². The molecule has 1 N–H and O–H groups in total. The van der Waals surface area contributed by atoms with E-state index in [-0.39, 0.29) is 6.09 Å². The largest absolute Gasteiger partial charge is 0.445 e. The van der Waals surface area contributed by atoms with E-state index in [9.17, 15) is 4.79 Å². The first kappa shape index (κ1) is 16.8. The van der Waals surface area contributed by atoms with Gasteiger partial charge in [-0.3, -0.25) is 0 Å². The average molecular weight is 305 g/mol. The number of carbonyl (C=O) groups excluding carboxylic acids is 1. The van der Waals surface area contributed by atoms with Gasteiger partial charge in [-0.1, -0.05) is 49.6 Å². The Morgan fingerprint density at radius 3 is 2.55 bits per heavy atom. The lowest BCUT2D eigenvalue weighted by molar-refractivity contribution is 0.0812. The summed E-state index contributed by atoms with van der Waals surface area (Å²) in [6.45, 7) is 2.25. The molecule has 1 aromatic carbocycles. The van der Waals surface area contributed by atoms with Crippen LogP contribution in [0.1, 0.15) is 44.1 Å². The summed E-state index contributed by atoms with van der Waals surface area (Å²) in [5, 5.41) is 8.77. The van der Waals surface area contributed by atoms with Crippen molar-refractivity contribution in [2.45, 2.75) is 45.1 Å². The fourth-order valence-electron chi connectivity index (χ4n) is 2.94. The Kier molecular flexibility index (Phi) is 7.23. The lowest BCUT2D eigenvalue weighted by atomic mass is 9.91. The maximum Gasteiger partial charge on any atom is 0.410 e. The van der Waals surface area contributed by atoms with Gasteiger partial charge in [0.15, 0.2) is 0 Å². The third kappa shape index (κ3) is 5.68. The van der Waals surface area contributed by atoms with E-state index < -0.39 is 0 Å². The van der Waals surface area contributed by atoms with Crippen LogP contribution >= 0.6 is 0 Å². The minimum atomic E-state index is -0.192. The number of aliphatic hydroxyl groups is 1. The van der Waals surface area contributed by atoms with Crippen LogP contribution in [0.4, 0.5) is 4.79 Å². The molecule has 0 unspecified atom stereocenters. The van der Waals surface area contributed by atoms with Crippen molar-refractivity contribution in [1.82, 2.24) is 4.90 Å². The van der Waals surface area contributed by atoms with Gasteiger partial charge in [-0.15, -0.1) is 0 Å². The number of carbonyl (C=O) groups is 1. The molecule has 1 fully saturated rings. The predicted octanol–water partition coefficient (Wildman–Crippen LogP) is 3.59. The minimum absolute atomic E-state index is 0.192. The van der Waals surface area contributed by atoms with Gasteiger partial charge in [-0.05, 0) is 30.7 Å². The standard InChI is InChI=1S/C18H27NO3/c20-14-6-2-5-7-16-10-12-19(13-11-16)18(21)22-15-17-8-3-1-4-9-17/h1,3-4,8-9,16,20H,2,5-7,10-15H2. The molecule has 4 heteroatoms. The number of amides is 1. The zero-order chi connectivity index (χ0) is 15.6. The van der Waals surface area contributed by atoms with Crippen LogP contribution < -0.4 is 0 Å². The van der Waals surface area contributed by atoms with Crippen LogP contribution in [0.25, 0.3) is 0 Å². The van der Waals surface area contributed by atoms with Gasteiger partial charge in [0.1, 0.15) is 6.61 Å². The van der Waals surface area contributed by atoms with Crippen LogP contribution in [0.15, 0.2) is 30.3 Å². The lowest BCUT2D eigenvalue weighted by Gasteiger charge is -2.31. The van der Waals surface area contributed by atoms with E-state index in [1.165, 1.54) is 12.8 Å². The lowest BCUT2D eigenvalue weighted by Crippen LogP contribution is -2.38. The molecule has 4 nitrogen and oxygen atoms in total. The Hall–Kier alpha value is -1.55. The van der Waals surface area contributed by atoms with Crippen LogP contribution in [-0.2, 0) is 11.3 Å². The Labute approximate surface area is 133 Å². The second-order valence-electron chi connectivity index (χ2n) is 6.04. The Morgan fingerprint density at radius 2 is 1.86 bits per heavy atom. The van der Waals surface area contributed by atoms with Crippen LogP contribution in [0.5, 0.6) is 0 Å². The number of piperidine rings is 1. The summed E-state index contributed by atoms with van der Waals surface area (Å²) in [5.41, 5.74) is 1.02. The van der Waals surface area contributed by atoms with Crippen molar-refractivity contribution in [2.75, 3.05) is 19.7 Å². The zero-order valence-corrected chi connectivity index (χ0v) is 13.2. The van der Waals surface area contributed by atoms with E-state index in [1.807, 2.05) is 35.2 Å². The number of unbranched alkanes of at least 4 members (excludes halogenated alkanes) is 2. The maximum atomic E-state index is 12.1. The molecule has 1 heterocycles. The number of hydrogen-bond donors (Lipinski definition) is 1. The highest BCUT2D eigenvalue weighted by molar-refractivity contribution is 5.67. The van der Waals surface area contributed by atoms with Gasteiger partial charge in [-0.2, -0.15) is 0 Å². The van der Waals surface area contributed by atoms with Gasteiger partial charge in [0.05, 0.1) is 0 Å². The van der Waals surface area contributed by atoms with Gasteiger partial charge >= 0.3 is 6.09 Å². The summed E-state index contributed by atoms with van der Waals surface area (Å²) in [6, 6.07) is 9.78. The molecule has 1 aliphatic heterocycles. The molecule has 0 aromatic heterocycles. The molecule has 0 spiro atoms. The highest BCUT2D eigenvalue weighted by atomic mass is 16.6. The van der Waals surface area contributed by atoms with Gasteiger partial charge in [0, 0.05) is 19.7 Å². The number of likely N-dealkylation sites (tertiary alicyclic amines) is 1. The molecule has 1 saturated heterocycles. The van der Waals surface area contributed by atoms with Crippen LogP contribution in [-0.4, -0.2) is 35.8 Å². The van der Waals surface area contributed by atoms with E-state index in [0.29, 0.717) is 13.2 Å². The van der Waals surface area contributed by atoms with Gasteiger partial charge in [-0.25, -0.2) is 4.79 Å². The van der Waals surface area contributed by atoms with Crippen molar-refractivity contribution in [3.63, 3.8) is 0 Å². The van der Waals surface area contributed by atoms with Crippen molar-refractivity contribution in [3.05, 3.63) is 35.9 Å². The summed E-state index contributed by atoms with van der Waals surface area (Å²) in [5.74, 6) is 0.719. The molecule has 122 valence electrons. The maximum absolute atomic E-state index is 12.1. The molecule has 0 radical (unpaired) electrons. The summed E-state index contributed by atoms with van der Waals surface area (Å²) < 4.78 is 5.38. The van der Waals surface area contributed by atoms with E-state index in [4.69, 9.17) is 9.84 Å². The molecule has 0 saturated carbocycles. The molecule has 2 rings (SSSR count). The quantitative estimate of drug-likeness (QED) is 0.783. The van der Waals surface area contributed by atoms with E-state index in [0.717, 1.165) is 50.3 Å². The molecule has 0 atom stereocenters. The number of aliphatic hydroxyl groups excluding tert-OH is 1. The molecule has 0 aliphatic carbocycles. The molecular weight excluding hydrogens is 278 g/mol. The van der Waals surface area contributed by atoms with E-state index in [2.05, 4.69) is 0 Å². The van der Waals surface area contributed by atoms with E-state index in [1.54, 1.807) is 0 Å². The zero-order valence-electron chi connectivity index (χ0n) is 13.2. The first-order chi connectivity index (χ1) is 10.8. The molecule has 1 amide bonds. The summed E-state index contributed by atoms with van der Waals surface area (Å²) >= 11 is 0. The summed E-state index contributed by atoms with van der Waals surface area (Å²) in [7, 11) is 0. The van der Waals surface area contributed by atoms with Gasteiger partial charge in [0.2, 0.25) is 0 Å². The first-order valence-corrected chi connectivity index (χ1v) is 8.36. The Bertz CT molecular complexity index is 427. The van der Waals surface area contributed by atoms with Crippen LogP contribution in [0.2, 0.25) is 0 Å². The normalized spacial score (nSPS) is 15.8. The topological polar surface area (TPSA) is 49.8 Å². The highest BCUT2D eigenvalue weighted by Gasteiger charge is 2.23. The number of nitrogens with zero attached hydrogens (tertiary/aromatic N) is 1. The number of hydrogen-bond acceptors (Lipinski definition) is 3. The van der Waals surface area contributed by atoms with Crippen LogP contribution in [0.3, 0.4) is 0 Å². The van der Waals surface area contributed by atoms with Crippen molar-refractivity contribution in [3.8, 4) is 0 Å². The Balaban J connectivity index is 1.62. The monoisotopic (exact) mass is 305 g/mol. The Morgan fingerprint density at radius 1 is 1.14 bits per heavy atom. The molecule has 1 aromatic rings. The van der Waals surface area contributed by atoms with Crippen molar-refractivity contribution >= 4 is 6.09 Å².